The first-order valence-electron chi connectivity index (χ1n) is 13.2. The molecule has 0 spiro atoms. The fourth-order valence-corrected chi connectivity index (χ4v) is 4.63. The molecule has 1 aliphatic rings. The van der Waals surface area contributed by atoms with E-state index in [1.165, 1.54) is 0 Å². The molecule has 0 bridgehead atoms. The quantitative estimate of drug-likeness (QED) is 0.185. The highest BCUT2D eigenvalue weighted by Crippen LogP contribution is 2.34. The molecule has 8 heteroatoms. The molecule has 2 rings (SSSR count). The minimum atomic E-state index is -0.583. The number of carbonyl (C=O) groups is 2. The lowest BCUT2D eigenvalue weighted by Gasteiger charge is -2.30. The van der Waals surface area contributed by atoms with E-state index in [9.17, 15) is 9.59 Å². The minimum Gasteiger partial charge on any atom is -0.493 e. The number of ether oxygens (including phenoxy) is 5. The van der Waals surface area contributed by atoms with Gasteiger partial charge >= 0.3 is 12.1 Å². The molecule has 0 saturated carbocycles. The molecule has 1 amide bonds. The van der Waals surface area contributed by atoms with Crippen molar-refractivity contribution >= 4 is 12.1 Å². The Morgan fingerprint density at radius 3 is 2.46 bits per heavy atom. The summed E-state index contributed by atoms with van der Waals surface area (Å²) in [6, 6.07) is 5.60. The molecule has 0 aliphatic carbocycles. The summed E-state index contributed by atoms with van der Waals surface area (Å²) in [5, 5.41) is 2.96. The molecule has 4 atom stereocenters. The number of allylic oxidation sites excluding steroid dienone is 1. The number of methoxy groups -OCH3 is 2. The Kier molecular flexibility index (Phi) is 12.2. The summed E-state index contributed by atoms with van der Waals surface area (Å²) in [5.41, 5.74) is 1.10. The number of carbonyl (C=O) groups excluding carboxylic acids is 2. The molecular formula is C29H45NO7. The van der Waals surface area contributed by atoms with Gasteiger partial charge in [-0.1, -0.05) is 40.3 Å². The smallest absolute Gasteiger partial charge is 0.412 e. The van der Waals surface area contributed by atoms with Crippen LogP contribution in [0.1, 0.15) is 59.4 Å². The molecule has 8 nitrogen and oxygen atoms in total. The van der Waals surface area contributed by atoms with E-state index < -0.39 is 12.2 Å². The summed E-state index contributed by atoms with van der Waals surface area (Å²) >= 11 is 0. The Bertz CT molecular complexity index is 898. The average Bonchev–Trinajstić information content (AvgIpc) is 3.22. The number of benzene rings is 1. The lowest BCUT2D eigenvalue weighted by molar-refractivity contribution is -0.146. The van der Waals surface area contributed by atoms with E-state index in [4.69, 9.17) is 23.7 Å². The molecule has 1 aromatic carbocycles. The maximum Gasteiger partial charge on any atom is 0.412 e. The second kappa shape index (κ2) is 14.9. The first kappa shape index (κ1) is 30.5. The van der Waals surface area contributed by atoms with Crippen LogP contribution in [0, 0.1) is 23.7 Å². The molecule has 37 heavy (non-hydrogen) atoms. The molecule has 1 aromatic rings. The number of rotatable bonds is 15. The van der Waals surface area contributed by atoms with E-state index in [1.54, 1.807) is 21.1 Å². The Labute approximate surface area is 222 Å². The second-order valence-electron chi connectivity index (χ2n) is 10.5. The lowest BCUT2D eigenvalue weighted by atomic mass is 9.81. The van der Waals surface area contributed by atoms with Gasteiger partial charge in [0.1, 0.15) is 6.10 Å². The number of hydrogen-bond donors (Lipinski definition) is 1. The van der Waals surface area contributed by atoms with E-state index in [1.807, 2.05) is 32.0 Å². The van der Waals surface area contributed by atoms with Crippen molar-refractivity contribution in [3.63, 3.8) is 0 Å². The highest BCUT2D eigenvalue weighted by Gasteiger charge is 2.42. The summed E-state index contributed by atoms with van der Waals surface area (Å²) in [6.45, 7) is 14.8. The van der Waals surface area contributed by atoms with Crippen molar-refractivity contribution < 1.29 is 33.3 Å². The topological polar surface area (TPSA) is 92.3 Å². The summed E-state index contributed by atoms with van der Waals surface area (Å²) in [4.78, 5) is 25.0. The van der Waals surface area contributed by atoms with Gasteiger partial charge in [0.05, 0.1) is 31.4 Å². The van der Waals surface area contributed by atoms with Gasteiger partial charge in [-0.15, -0.1) is 0 Å². The van der Waals surface area contributed by atoms with Crippen molar-refractivity contribution in [2.24, 2.45) is 23.7 Å². The average molecular weight is 520 g/mol. The second-order valence-corrected chi connectivity index (χ2v) is 10.5. The van der Waals surface area contributed by atoms with Crippen LogP contribution in [0.2, 0.25) is 0 Å². The van der Waals surface area contributed by atoms with Crippen LogP contribution >= 0.6 is 0 Å². The Morgan fingerprint density at radius 2 is 1.89 bits per heavy atom. The summed E-state index contributed by atoms with van der Waals surface area (Å²) in [6.07, 6.45) is 1.75. The minimum absolute atomic E-state index is 0.169. The number of cyclic esters (lactones) is 1. The molecule has 1 fully saturated rings. The van der Waals surface area contributed by atoms with Crippen LogP contribution in [-0.4, -0.2) is 51.6 Å². The van der Waals surface area contributed by atoms with Crippen LogP contribution in [0.15, 0.2) is 30.5 Å². The highest BCUT2D eigenvalue weighted by molar-refractivity contribution is 5.75. The fraction of sp³-hybridized carbons (Fsp3) is 0.655. The number of esters is 1. The molecule has 208 valence electrons. The predicted molar refractivity (Wildman–Crippen MR) is 143 cm³/mol. The van der Waals surface area contributed by atoms with Crippen LogP contribution in [-0.2, 0) is 25.4 Å². The number of amides is 1. The summed E-state index contributed by atoms with van der Waals surface area (Å²) < 4.78 is 27.5. The SMILES string of the molecule is C=C(C)OC(=O)N[C@@H](C[C@H](Cc1ccc(OC)c(OCCCOC)c1)C(C)C)[C@@H]1C[C@@H](C(C)C)C(=O)O1. The van der Waals surface area contributed by atoms with Gasteiger partial charge in [-0.3, -0.25) is 4.79 Å². The lowest BCUT2D eigenvalue weighted by Crippen LogP contribution is -2.45. The highest BCUT2D eigenvalue weighted by atomic mass is 16.6. The molecular weight excluding hydrogens is 474 g/mol. The monoisotopic (exact) mass is 519 g/mol. The largest absolute Gasteiger partial charge is 0.493 e. The van der Waals surface area contributed by atoms with Gasteiger partial charge in [0, 0.05) is 20.1 Å². The summed E-state index contributed by atoms with van der Waals surface area (Å²) in [7, 11) is 3.30. The van der Waals surface area contributed by atoms with Gasteiger partial charge in [-0.2, -0.15) is 0 Å². The number of nitrogens with one attached hydrogen (secondary N) is 1. The number of hydrogen-bond acceptors (Lipinski definition) is 7. The Hall–Kier alpha value is -2.74. The van der Waals surface area contributed by atoms with Crippen LogP contribution in [0.3, 0.4) is 0 Å². The van der Waals surface area contributed by atoms with Crippen molar-refractivity contribution in [2.75, 3.05) is 27.4 Å². The van der Waals surface area contributed by atoms with E-state index in [0.29, 0.717) is 49.2 Å². The van der Waals surface area contributed by atoms with Crippen molar-refractivity contribution in [1.29, 1.82) is 0 Å². The van der Waals surface area contributed by atoms with E-state index in [-0.39, 0.29) is 29.8 Å². The van der Waals surface area contributed by atoms with Gasteiger partial charge < -0.3 is 29.0 Å². The molecule has 1 N–H and O–H groups in total. The van der Waals surface area contributed by atoms with E-state index >= 15 is 0 Å². The summed E-state index contributed by atoms with van der Waals surface area (Å²) in [5.74, 6) is 1.98. The zero-order valence-corrected chi connectivity index (χ0v) is 23.5. The molecule has 0 aromatic heterocycles. The van der Waals surface area contributed by atoms with Crippen molar-refractivity contribution in [3.05, 3.63) is 36.1 Å². The van der Waals surface area contributed by atoms with Crippen molar-refractivity contribution in [2.45, 2.75) is 72.4 Å². The molecule has 1 saturated heterocycles. The van der Waals surface area contributed by atoms with Crippen LogP contribution in [0.25, 0.3) is 0 Å². The fourth-order valence-electron chi connectivity index (χ4n) is 4.63. The van der Waals surface area contributed by atoms with Gasteiger partial charge in [-0.05, 0) is 61.6 Å². The maximum atomic E-state index is 12.5. The maximum absolute atomic E-state index is 12.5. The Balaban J connectivity index is 2.22. The van der Waals surface area contributed by atoms with Crippen molar-refractivity contribution in [1.82, 2.24) is 5.32 Å². The van der Waals surface area contributed by atoms with Gasteiger partial charge in [0.2, 0.25) is 0 Å². The van der Waals surface area contributed by atoms with Gasteiger partial charge in [0.15, 0.2) is 11.5 Å². The first-order chi connectivity index (χ1) is 17.5. The molecule has 1 heterocycles. The molecule has 0 unspecified atom stereocenters. The first-order valence-corrected chi connectivity index (χ1v) is 13.2. The third kappa shape index (κ3) is 9.58. The van der Waals surface area contributed by atoms with Gasteiger partial charge in [-0.25, -0.2) is 4.79 Å². The van der Waals surface area contributed by atoms with Crippen molar-refractivity contribution in [3.8, 4) is 11.5 Å². The normalized spacial score (nSPS) is 18.9. The van der Waals surface area contributed by atoms with Crippen LogP contribution < -0.4 is 14.8 Å². The standard InChI is InChI=1S/C29H45NO7/c1-18(2)22(14-21-10-11-25(34-8)27(15-21)35-13-9-12-33-7)16-24(30-29(32)36-20(5)6)26-17-23(19(3)4)28(31)37-26/h10-11,15,18-19,22-24,26H,5,9,12-14,16-17H2,1-4,6-8H3,(H,30,32)/t22-,23-,24-,26-/m0/s1. The zero-order valence-electron chi connectivity index (χ0n) is 23.5. The predicted octanol–water partition coefficient (Wildman–Crippen LogP) is 5.53. The molecule has 1 aliphatic heterocycles. The molecule has 0 radical (unpaired) electrons. The Morgan fingerprint density at radius 1 is 1.16 bits per heavy atom. The zero-order chi connectivity index (χ0) is 27.5. The third-order valence-electron chi connectivity index (χ3n) is 6.86. The van der Waals surface area contributed by atoms with E-state index in [0.717, 1.165) is 18.4 Å². The van der Waals surface area contributed by atoms with Crippen LogP contribution in [0.5, 0.6) is 11.5 Å². The van der Waals surface area contributed by atoms with E-state index in [2.05, 4.69) is 25.7 Å². The van der Waals surface area contributed by atoms with Gasteiger partial charge in [0.25, 0.3) is 0 Å². The third-order valence-corrected chi connectivity index (χ3v) is 6.86. The number of alkyl carbamates (subject to hydrolysis) is 1. The van der Waals surface area contributed by atoms with Crippen LogP contribution in [0.4, 0.5) is 4.79 Å².